The van der Waals surface area contributed by atoms with Gasteiger partial charge in [-0.3, -0.25) is 9.93 Å². The van der Waals surface area contributed by atoms with Crippen LogP contribution in [0, 0.1) is 0 Å². The molecule has 0 aliphatic heterocycles. The van der Waals surface area contributed by atoms with Crippen LogP contribution in [0.5, 0.6) is 0 Å². The predicted octanol–water partition coefficient (Wildman–Crippen LogP) is -0.0269. The fraction of sp³-hybridized carbons (Fsp3) is 0.400. The zero-order valence-electron chi connectivity index (χ0n) is 9.39. The van der Waals surface area contributed by atoms with Crippen molar-refractivity contribution in [1.29, 1.82) is 0 Å². The highest BCUT2D eigenvalue weighted by Gasteiger charge is 2.08. The number of hydrogen-bond acceptors (Lipinski definition) is 5. The van der Waals surface area contributed by atoms with E-state index in [0.29, 0.717) is 5.75 Å². The van der Waals surface area contributed by atoms with Crippen molar-refractivity contribution in [1.82, 2.24) is 5.32 Å². The van der Waals surface area contributed by atoms with Gasteiger partial charge in [0, 0.05) is 18.0 Å². The minimum absolute atomic E-state index is 0.284. The summed E-state index contributed by atoms with van der Waals surface area (Å²) in [4.78, 5) is 20.1. The van der Waals surface area contributed by atoms with E-state index in [2.05, 4.69) is 11.4 Å². The molecule has 0 aromatic heterocycles. The summed E-state index contributed by atoms with van der Waals surface area (Å²) in [5.74, 6) is -1.95. The average molecular weight is 259 g/mol. The van der Waals surface area contributed by atoms with Crippen molar-refractivity contribution < 1.29 is 14.7 Å². The van der Waals surface area contributed by atoms with Crippen molar-refractivity contribution in [3.63, 3.8) is 0 Å². The Bertz CT molecular complexity index is 316. The zero-order chi connectivity index (χ0) is 13.1. The van der Waals surface area contributed by atoms with E-state index >= 15 is 0 Å². The summed E-state index contributed by atoms with van der Waals surface area (Å²) in [6.07, 6.45) is 8.35. The normalized spacial score (nSPS) is 13.1. The fourth-order valence-electron chi connectivity index (χ4n) is 0.933. The maximum absolute atomic E-state index is 10.3. The number of aliphatic carboxylic acids is 1. The van der Waals surface area contributed by atoms with Gasteiger partial charge in [-0.05, 0) is 18.9 Å². The molecule has 0 spiro atoms. The van der Waals surface area contributed by atoms with Gasteiger partial charge in [0.25, 0.3) is 0 Å². The lowest BCUT2D eigenvalue weighted by Crippen LogP contribution is -2.32. The second-order valence-electron chi connectivity index (χ2n) is 3.12. The summed E-state index contributed by atoms with van der Waals surface area (Å²) in [7, 11) is 0. The van der Waals surface area contributed by atoms with Crippen LogP contribution in [0.4, 0.5) is 0 Å². The molecule has 17 heavy (non-hydrogen) atoms. The Morgan fingerprint density at radius 1 is 1.47 bits per heavy atom. The quantitative estimate of drug-likeness (QED) is 0.321. The molecular weight excluding hydrogens is 242 g/mol. The van der Waals surface area contributed by atoms with E-state index in [1.807, 2.05) is 12.2 Å². The standard InChI is InChI=1S/C6H9N.C4H8N2O3S/c7-6-4-2-1-3-5-6;5-10-2-1-6-3(7)4(8)9/h2,4-5H,1,3,7H2;1-2,5H2,(H,6,7)(H,8,9). The second-order valence-corrected chi connectivity index (χ2v) is 3.86. The van der Waals surface area contributed by atoms with Crippen molar-refractivity contribution >= 4 is 23.8 Å². The first-order chi connectivity index (χ1) is 8.07. The number of carbonyl (C=O) groups excluding carboxylic acids is 1. The molecule has 0 saturated carbocycles. The van der Waals surface area contributed by atoms with Crippen LogP contribution in [0.2, 0.25) is 0 Å². The minimum Gasteiger partial charge on any atom is -0.474 e. The molecule has 1 amide bonds. The van der Waals surface area contributed by atoms with E-state index in [1.165, 1.54) is 0 Å². The molecule has 7 heteroatoms. The van der Waals surface area contributed by atoms with Gasteiger partial charge in [-0.25, -0.2) is 4.79 Å². The Labute approximate surface area is 104 Å². The third-order valence-electron chi connectivity index (χ3n) is 1.72. The molecule has 0 radical (unpaired) electrons. The van der Waals surface area contributed by atoms with Gasteiger partial charge in [0.1, 0.15) is 0 Å². The summed E-state index contributed by atoms with van der Waals surface area (Å²) in [5.41, 5.74) is 6.32. The van der Waals surface area contributed by atoms with Crippen LogP contribution in [-0.4, -0.2) is 29.3 Å². The molecule has 6 nitrogen and oxygen atoms in total. The van der Waals surface area contributed by atoms with E-state index in [-0.39, 0.29) is 6.54 Å². The maximum atomic E-state index is 10.3. The van der Waals surface area contributed by atoms with Crippen LogP contribution >= 0.6 is 11.9 Å². The van der Waals surface area contributed by atoms with E-state index < -0.39 is 11.9 Å². The van der Waals surface area contributed by atoms with Crippen LogP contribution < -0.4 is 16.2 Å². The van der Waals surface area contributed by atoms with E-state index in [4.69, 9.17) is 16.0 Å². The SMILES string of the molecule is NC1=CCCC=C1.NSCCNC(=O)C(=O)O. The Morgan fingerprint density at radius 2 is 2.18 bits per heavy atom. The van der Waals surface area contributed by atoms with Gasteiger partial charge in [-0.15, -0.1) is 0 Å². The van der Waals surface area contributed by atoms with E-state index in [0.717, 1.165) is 30.5 Å². The van der Waals surface area contributed by atoms with Crippen molar-refractivity contribution in [3.05, 3.63) is 23.9 Å². The average Bonchev–Trinajstić information content (AvgIpc) is 2.31. The molecule has 1 aliphatic carbocycles. The van der Waals surface area contributed by atoms with Crippen LogP contribution in [0.3, 0.4) is 0 Å². The fourth-order valence-corrected chi connectivity index (χ4v) is 1.15. The molecule has 1 aliphatic rings. The third-order valence-corrected chi connectivity index (χ3v) is 2.16. The van der Waals surface area contributed by atoms with Crippen LogP contribution in [0.25, 0.3) is 0 Å². The van der Waals surface area contributed by atoms with Crippen molar-refractivity contribution in [2.45, 2.75) is 12.8 Å². The lowest BCUT2D eigenvalue weighted by atomic mass is 10.2. The number of allylic oxidation sites excluding steroid dienone is 3. The Hall–Kier alpha value is -1.47. The van der Waals surface area contributed by atoms with Crippen molar-refractivity contribution in [2.24, 2.45) is 10.9 Å². The van der Waals surface area contributed by atoms with E-state index in [9.17, 15) is 9.59 Å². The molecule has 96 valence electrons. The first-order valence-electron chi connectivity index (χ1n) is 5.03. The Balaban J connectivity index is 0.000000318. The lowest BCUT2D eigenvalue weighted by molar-refractivity contribution is -0.150. The van der Waals surface area contributed by atoms with Gasteiger partial charge < -0.3 is 16.2 Å². The van der Waals surface area contributed by atoms with Gasteiger partial charge in [-0.1, -0.05) is 24.1 Å². The monoisotopic (exact) mass is 259 g/mol. The molecule has 0 bridgehead atoms. The number of carbonyl (C=O) groups is 2. The van der Waals surface area contributed by atoms with Gasteiger partial charge >= 0.3 is 11.9 Å². The smallest absolute Gasteiger partial charge is 0.394 e. The number of nitrogens with one attached hydrogen (secondary N) is 1. The van der Waals surface area contributed by atoms with E-state index in [1.54, 1.807) is 0 Å². The molecule has 0 fully saturated rings. The molecule has 0 heterocycles. The van der Waals surface area contributed by atoms with Gasteiger partial charge in [-0.2, -0.15) is 0 Å². The highest BCUT2D eigenvalue weighted by molar-refractivity contribution is 7.97. The number of rotatable bonds is 3. The highest BCUT2D eigenvalue weighted by Crippen LogP contribution is 2.02. The van der Waals surface area contributed by atoms with Crippen LogP contribution in [0.1, 0.15) is 12.8 Å². The molecular formula is C10H17N3O3S. The molecule has 1 rings (SSSR count). The predicted molar refractivity (Wildman–Crippen MR) is 67.9 cm³/mol. The number of amides is 1. The molecule has 0 atom stereocenters. The first-order valence-corrected chi connectivity index (χ1v) is 6.07. The molecule has 0 aromatic rings. The molecule has 0 aromatic carbocycles. The molecule has 0 unspecified atom stereocenters. The summed E-state index contributed by atoms with van der Waals surface area (Å²) < 4.78 is 0. The maximum Gasteiger partial charge on any atom is 0.394 e. The lowest BCUT2D eigenvalue weighted by Gasteiger charge is -1.97. The Kier molecular flexibility index (Phi) is 8.89. The Morgan fingerprint density at radius 3 is 2.53 bits per heavy atom. The first kappa shape index (κ1) is 15.5. The van der Waals surface area contributed by atoms with Gasteiger partial charge in [0.05, 0.1) is 0 Å². The van der Waals surface area contributed by atoms with Crippen LogP contribution in [0.15, 0.2) is 23.9 Å². The third kappa shape index (κ3) is 9.46. The number of hydrogen-bond donors (Lipinski definition) is 4. The number of carboxylic acids is 1. The molecule has 0 saturated heterocycles. The summed E-state index contributed by atoms with van der Waals surface area (Å²) in [6.45, 7) is 0.284. The summed E-state index contributed by atoms with van der Waals surface area (Å²) in [6, 6.07) is 0. The van der Waals surface area contributed by atoms with Crippen molar-refractivity contribution in [3.8, 4) is 0 Å². The van der Waals surface area contributed by atoms with Gasteiger partial charge in [0.2, 0.25) is 0 Å². The minimum atomic E-state index is -1.47. The zero-order valence-corrected chi connectivity index (χ0v) is 10.2. The number of nitrogens with two attached hydrogens (primary N) is 2. The second kappa shape index (κ2) is 9.73. The summed E-state index contributed by atoms with van der Waals surface area (Å²) in [5, 5.41) is 15.2. The number of carboxylic acid groups (broad SMARTS) is 1. The van der Waals surface area contributed by atoms with Gasteiger partial charge in [0.15, 0.2) is 0 Å². The summed E-state index contributed by atoms with van der Waals surface area (Å²) >= 11 is 1.05. The highest BCUT2D eigenvalue weighted by atomic mass is 32.2. The molecule has 6 N–H and O–H groups in total. The van der Waals surface area contributed by atoms with Crippen molar-refractivity contribution in [2.75, 3.05) is 12.3 Å². The largest absolute Gasteiger partial charge is 0.474 e. The topological polar surface area (TPSA) is 118 Å². The van der Waals surface area contributed by atoms with Crippen LogP contribution in [-0.2, 0) is 9.59 Å².